The first-order valence-corrected chi connectivity index (χ1v) is 7.38. The molecular weight excluding hydrogens is 284 g/mol. The smallest absolute Gasteiger partial charge is 0.0838 e. The first-order chi connectivity index (χ1) is 10.2. The lowest BCUT2D eigenvalue weighted by Crippen LogP contribution is -2.35. The highest BCUT2D eigenvalue weighted by Gasteiger charge is 2.35. The van der Waals surface area contributed by atoms with E-state index in [0.29, 0.717) is 5.02 Å². The molecule has 0 aromatic heterocycles. The maximum absolute atomic E-state index is 9.75. The minimum Gasteiger partial charge on any atom is -0.394 e. The molecule has 2 aromatic carbocycles. The summed E-state index contributed by atoms with van der Waals surface area (Å²) in [4.78, 5) is 0. The minimum absolute atomic E-state index is 0.0543. The van der Waals surface area contributed by atoms with Gasteiger partial charge in [-0.3, -0.25) is 5.01 Å². The Balaban J connectivity index is 2.01. The topological polar surface area (TPSA) is 35.8 Å². The number of anilines is 1. The summed E-state index contributed by atoms with van der Waals surface area (Å²) >= 11 is 6.08. The van der Waals surface area contributed by atoms with E-state index in [1.165, 1.54) is 0 Å². The Kier molecular flexibility index (Phi) is 3.95. The Bertz CT molecular complexity index is 657. The first kappa shape index (κ1) is 14.1. The van der Waals surface area contributed by atoms with Gasteiger partial charge in [-0.05, 0) is 29.8 Å². The van der Waals surface area contributed by atoms with Gasteiger partial charge in [0.2, 0.25) is 0 Å². The fourth-order valence-electron chi connectivity index (χ4n) is 2.71. The molecule has 1 N–H and O–H groups in total. The Morgan fingerprint density at radius 1 is 1.14 bits per heavy atom. The summed E-state index contributed by atoms with van der Waals surface area (Å²) in [5.41, 5.74) is 2.95. The van der Waals surface area contributed by atoms with Crippen molar-refractivity contribution in [3.8, 4) is 0 Å². The number of aliphatic hydroxyl groups is 1. The van der Waals surface area contributed by atoms with Gasteiger partial charge in [-0.1, -0.05) is 48.9 Å². The summed E-state index contributed by atoms with van der Waals surface area (Å²) in [5.74, 6) is 0.133. The van der Waals surface area contributed by atoms with Gasteiger partial charge in [0, 0.05) is 10.9 Å². The predicted molar refractivity (Wildman–Crippen MR) is 86.9 cm³/mol. The molecule has 0 radical (unpaired) electrons. The molecule has 0 saturated carbocycles. The SMILES string of the molecule is C[C@H]1C(c2cccc(Cl)c2)=NN(c2ccccc2)[C@@H]1CO. The van der Waals surface area contributed by atoms with Crippen LogP contribution in [0.2, 0.25) is 5.02 Å². The quantitative estimate of drug-likeness (QED) is 0.941. The maximum Gasteiger partial charge on any atom is 0.0838 e. The number of hydrazone groups is 1. The van der Waals surface area contributed by atoms with Gasteiger partial charge in [-0.2, -0.15) is 5.10 Å². The number of benzene rings is 2. The van der Waals surface area contributed by atoms with E-state index in [2.05, 4.69) is 6.92 Å². The number of hydrogen-bond acceptors (Lipinski definition) is 3. The van der Waals surface area contributed by atoms with Crippen molar-refractivity contribution in [3.63, 3.8) is 0 Å². The predicted octanol–water partition coefficient (Wildman–Crippen LogP) is 3.56. The summed E-state index contributed by atoms with van der Waals surface area (Å²) in [6.07, 6.45) is 0. The van der Waals surface area contributed by atoms with Crippen LogP contribution < -0.4 is 5.01 Å². The number of rotatable bonds is 3. The van der Waals surface area contributed by atoms with E-state index in [0.717, 1.165) is 17.0 Å². The second-order valence-corrected chi connectivity index (χ2v) is 5.65. The van der Waals surface area contributed by atoms with Crippen molar-refractivity contribution in [3.05, 3.63) is 65.2 Å². The van der Waals surface area contributed by atoms with Gasteiger partial charge in [-0.15, -0.1) is 0 Å². The van der Waals surface area contributed by atoms with Crippen molar-refractivity contribution in [2.45, 2.75) is 13.0 Å². The summed E-state index contributed by atoms with van der Waals surface area (Å²) in [6.45, 7) is 2.15. The molecule has 0 bridgehead atoms. The largest absolute Gasteiger partial charge is 0.394 e. The van der Waals surface area contributed by atoms with Crippen LogP contribution >= 0.6 is 11.6 Å². The zero-order valence-corrected chi connectivity index (χ0v) is 12.5. The first-order valence-electron chi connectivity index (χ1n) is 7.00. The third-order valence-electron chi connectivity index (χ3n) is 3.87. The van der Waals surface area contributed by atoms with Gasteiger partial charge in [0.05, 0.1) is 24.0 Å². The van der Waals surface area contributed by atoms with E-state index in [1.54, 1.807) is 0 Å². The molecule has 1 aliphatic heterocycles. The van der Waals surface area contributed by atoms with Crippen molar-refractivity contribution in [1.82, 2.24) is 0 Å². The zero-order chi connectivity index (χ0) is 14.8. The van der Waals surface area contributed by atoms with Crippen LogP contribution in [-0.2, 0) is 0 Å². The van der Waals surface area contributed by atoms with E-state index in [-0.39, 0.29) is 18.6 Å². The van der Waals surface area contributed by atoms with Crippen LogP contribution in [0.3, 0.4) is 0 Å². The number of para-hydroxylation sites is 1. The second-order valence-electron chi connectivity index (χ2n) is 5.21. The number of nitrogens with zero attached hydrogens (tertiary/aromatic N) is 2. The molecule has 0 unspecified atom stereocenters. The van der Waals surface area contributed by atoms with E-state index in [4.69, 9.17) is 16.7 Å². The molecule has 1 heterocycles. The van der Waals surface area contributed by atoms with Crippen LogP contribution in [0.5, 0.6) is 0 Å². The lowest BCUT2D eigenvalue weighted by Gasteiger charge is -2.24. The van der Waals surface area contributed by atoms with Gasteiger partial charge in [-0.25, -0.2) is 0 Å². The highest BCUT2D eigenvalue weighted by molar-refractivity contribution is 6.31. The molecule has 3 nitrogen and oxygen atoms in total. The molecule has 2 aromatic rings. The molecule has 2 atom stereocenters. The second kappa shape index (κ2) is 5.88. The van der Waals surface area contributed by atoms with Crippen molar-refractivity contribution < 1.29 is 5.11 Å². The van der Waals surface area contributed by atoms with Crippen LogP contribution in [0.15, 0.2) is 59.7 Å². The standard InChI is InChI=1S/C17H17ClN2O/c1-12-16(11-21)20(15-8-3-2-4-9-15)19-17(12)13-6-5-7-14(18)10-13/h2-10,12,16,21H,11H2,1H3/t12-,16-/m1/s1. The van der Waals surface area contributed by atoms with Gasteiger partial charge in [0.25, 0.3) is 0 Å². The molecule has 21 heavy (non-hydrogen) atoms. The minimum atomic E-state index is -0.0543. The lowest BCUT2D eigenvalue weighted by molar-refractivity contribution is 0.250. The Morgan fingerprint density at radius 2 is 1.90 bits per heavy atom. The summed E-state index contributed by atoms with van der Waals surface area (Å²) in [7, 11) is 0. The Labute approximate surface area is 129 Å². The third kappa shape index (κ3) is 2.67. The monoisotopic (exact) mass is 300 g/mol. The lowest BCUT2D eigenvalue weighted by atomic mass is 9.93. The molecule has 3 rings (SSSR count). The van der Waals surface area contributed by atoms with E-state index in [1.807, 2.05) is 59.6 Å². The third-order valence-corrected chi connectivity index (χ3v) is 4.10. The van der Waals surface area contributed by atoms with Crippen LogP contribution in [0.4, 0.5) is 5.69 Å². The molecule has 0 aliphatic carbocycles. The molecule has 4 heteroatoms. The van der Waals surface area contributed by atoms with Gasteiger partial charge >= 0.3 is 0 Å². The fourth-order valence-corrected chi connectivity index (χ4v) is 2.90. The zero-order valence-electron chi connectivity index (χ0n) is 11.8. The normalized spacial score (nSPS) is 21.5. The molecule has 108 valence electrons. The average Bonchev–Trinajstić information content (AvgIpc) is 2.85. The highest BCUT2D eigenvalue weighted by atomic mass is 35.5. The number of aliphatic hydroxyl groups excluding tert-OH is 1. The van der Waals surface area contributed by atoms with E-state index >= 15 is 0 Å². The van der Waals surface area contributed by atoms with Crippen LogP contribution in [0.1, 0.15) is 12.5 Å². The van der Waals surface area contributed by atoms with Gasteiger partial charge in [0.1, 0.15) is 0 Å². The van der Waals surface area contributed by atoms with Gasteiger partial charge in [0.15, 0.2) is 0 Å². The molecular formula is C17H17ClN2O. The van der Waals surface area contributed by atoms with Crippen LogP contribution in [0.25, 0.3) is 0 Å². The van der Waals surface area contributed by atoms with Crippen molar-refractivity contribution in [1.29, 1.82) is 0 Å². The van der Waals surface area contributed by atoms with Crippen molar-refractivity contribution in [2.24, 2.45) is 11.0 Å². The number of hydrogen-bond donors (Lipinski definition) is 1. The highest BCUT2D eigenvalue weighted by Crippen LogP contribution is 2.30. The van der Waals surface area contributed by atoms with Gasteiger partial charge < -0.3 is 5.11 Å². The molecule has 1 aliphatic rings. The molecule has 0 fully saturated rings. The molecule has 0 amide bonds. The van der Waals surface area contributed by atoms with E-state index in [9.17, 15) is 5.11 Å². The molecule has 0 spiro atoms. The van der Waals surface area contributed by atoms with Crippen LogP contribution in [0, 0.1) is 5.92 Å². The summed E-state index contributed by atoms with van der Waals surface area (Å²) in [5, 5.41) is 17.1. The van der Waals surface area contributed by atoms with E-state index < -0.39 is 0 Å². The van der Waals surface area contributed by atoms with Crippen molar-refractivity contribution in [2.75, 3.05) is 11.6 Å². The number of halogens is 1. The van der Waals surface area contributed by atoms with Crippen LogP contribution in [-0.4, -0.2) is 23.5 Å². The summed E-state index contributed by atoms with van der Waals surface area (Å²) in [6, 6.07) is 17.6. The Hall–Kier alpha value is -1.84. The Morgan fingerprint density at radius 3 is 2.57 bits per heavy atom. The van der Waals surface area contributed by atoms with Crippen molar-refractivity contribution >= 4 is 23.0 Å². The maximum atomic E-state index is 9.75. The molecule has 0 saturated heterocycles. The fraction of sp³-hybridized carbons (Fsp3) is 0.235. The summed E-state index contributed by atoms with van der Waals surface area (Å²) < 4.78 is 0. The average molecular weight is 301 g/mol.